The number of rotatable bonds is 7. The minimum absolute atomic E-state index is 0.0321. The topological polar surface area (TPSA) is 77.8 Å². The van der Waals surface area contributed by atoms with Crippen molar-refractivity contribution in [2.75, 3.05) is 19.7 Å². The Morgan fingerprint density at radius 3 is 2.23 bits per heavy atom. The van der Waals surface area contributed by atoms with Gasteiger partial charge in [0.05, 0.1) is 4.90 Å². The van der Waals surface area contributed by atoms with Crippen LogP contribution in [0, 0.1) is 6.92 Å². The lowest BCUT2D eigenvalue weighted by Gasteiger charge is -2.25. The molecule has 0 aromatic heterocycles. The Labute approximate surface area is 127 Å². The second-order valence-electron chi connectivity index (χ2n) is 4.81. The SMILES string of the molecule is Cc1ccc(S(=O)(=O)N(CCCO)C[C@@H](O)C(F)(F)F)cc1. The highest BCUT2D eigenvalue weighted by molar-refractivity contribution is 7.89. The summed E-state index contributed by atoms with van der Waals surface area (Å²) in [6, 6.07) is 5.63. The summed E-state index contributed by atoms with van der Waals surface area (Å²) < 4.78 is 62.7. The van der Waals surface area contributed by atoms with Crippen LogP contribution in [0.1, 0.15) is 12.0 Å². The molecule has 0 amide bonds. The number of hydrogen-bond donors (Lipinski definition) is 2. The molecule has 0 bridgehead atoms. The molecule has 1 rings (SSSR count). The molecule has 1 aromatic rings. The van der Waals surface area contributed by atoms with Gasteiger partial charge in [0.2, 0.25) is 10.0 Å². The van der Waals surface area contributed by atoms with E-state index in [-0.39, 0.29) is 24.5 Å². The molecular weight excluding hydrogens is 323 g/mol. The van der Waals surface area contributed by atoms with Crippen LogP contribution in [-0.4, -0.2) is 54.9 Å². The Morgan fingerprint density at radius 2 is 1.77 bits per heavy atom. The van der Waals surface area contributed by atoms with Crippen LogP contribution in [0.2, 0.25) is 0 Å². The number of aliphatic hydroxyl groups is 2. The van der Waals surface area contributed by atoms with Crippen molar-refractivity contribution in [2.45, 2.75) is 30.5 Å². The largest absolute Gasteiger partial charge is 0.415 e. The van der Waals surface area contributed by atoms with Gasteiger partial charge in [-0.2, -0.15) is 17.5 Å². The van der Waals surface area contributed by atoms with Crippen molar-refractivity contribution in [3.63, 3.8) is 0 Å². The second kappa shape index (κ2) is 7.40. The van der Waals surface area contributed by atoms with Crippen LogP contribution >= 0.6 is 0 Å². The molecule has 126 valence electrons. The summed E-state index contributed by atoms with van der Waals surface area (Å²) in [6.07, 6.45) is -7.73. The van der Waals surface area contributed by atoms with E-state index < -0.39 is 28.8 Å². The second-order valence-corrected chi connectivity index (χ2v) is 6.75. The van der Waals surface area contributed by atoms with Crippen LogP contribution in [-0.2, 0) is 10.0 Å². The highest BCUT2D eigenvalue weighted by Crippen LogP contribution is 2.24. The monoisotopic (exact) mass is 341 g/mol. The van der Waals surface area contributed by atoms with Crippen LogP contribution < -0.4 is 0 Å². The molecule has 0 heterocycles. The molecule has 0 aliphatic rings. The third-order valence-corrected chi connectivity index (χ3v) is 4.86. The first-order valence-electron chi connectivity index (χ1n) is 6.51. The summed E-state index contributed by atoms with van der Waals surface area (Å²) in [5.74, 6) is 0. The zero-order chi connectivity index (χ0) is 17.0. The van der Waals surface area contributed by atoms with Gasteiger partial charge in [-0.05, 0) is 25.5 Å². The highest BCUT2D eigenvalue weighted by atomic mass is 32.2. The smallest absolute Gasteiger partial charge is 0.396 e. The average Bonchev–Trinajstić information content (AvgIpc) is 2.42. The molecule has 0 radical (unpaired) electrons. The molecule has 0 saturated carbocycles. The predicted octanol–water partition coefficient (Wildman–Crippen LogP) is 1.29. The van der Waals surface area contributed by atoms with E-state index in [1.54, 1.807) is 6.92 Å². The van der Waals surface area contributed by atoms with E-state index in [1.165, 1.54) is 24.3 Å². The van der Waals surface area contributed by atoms with Gasteiger partial charge in [-0.3, -0.25) is 0 Å². The highest BCUT2D eigenvalue weighted by Gasteiger charge is 2.41. The average molecular weight is 341 g/mol. The number of sulfonamides is 1. The van der Waals surface area contributed by atoms with Crippen LogP contribution in [0.5, 0.6) is 0 Å². The maximum Gasteiger partial charge on any atom is 0.415 e. The van der Waals surface area contributed by atoms with Crippen molar-refractivity contribution in [1.82, 2.24) is 4.31 Å². The van der Waals surface area contributed by atoms with Crippen LogP contribution in [0.25, 0.3) is 0 Å². The molecular formula is C13H18F3NO4S. The van der Waals surface area contributed by atoms with Crippen molar-refractivity contribution in [3.8, 4) is 0 Å². The summed E-state index contributed by atoms with van der Waals surface area (Å²) in [5, 5.41) is 17.9. The molecule has 22 heavy (non-hydrogen) atoms. The zero-order valence-corrected chi connectivity index (χ0v) is 12.7. The van der Waals surface area contributed by atoms with Crippen molar-refractivity contribution in [1.29, 1.82) is 0 Å². The summed E-state index contributed by atoms with van der Waals surface area (Å²) in [6.45, 7) is -0.0606. The van der Waals surface area contributed by atoms with E-state index in [9.17, 15) is 21.6 Å². The Morgan fingerprint density at radius 1 is 1.23 bits per heavy atom. The summed E-state index contributed by atoms with van der Waals surface area (Å²) >= 11 is 0. The number of alkyl halides is 3. The molecule has 9 heteroatoms. The fraction of sp³-hybridized carbons (Fsp3) is 0.538. The van der Waals surface area contributed by atoms with Gasteiger partial charge < -0.3 is 10.2 Å². The first-order chi connectivity index (χ1) is 10.1. The Balaban J connectivity index is 3.06. The van der Waals surface area contributed by atoms with Crippen molar-refractivity contribution in [3.05, 3.63) is 29.8 Å². The van der Waals surface area contributed by atoms with E-state index >= 15 is 0 Å². The molecule has 2 N–H and O–H groups in total. The maximum absolute atomic E-state index is 12.5. The van der Waals surface area contributed by atoms with Gasteiger partial charge in [0.1, 0.15) is 0 Å². The predicted molar refractivity (Wildman–Crippen MR) is 73.7 cm³/mol. The molecule has 1 aromatic carbocycles. The van der Waals surface area contributed by atoms with Gasteiger partial charge in [-0.15, -0.1) is 0 Å². The number of aliphatic hydroxyl groups excluding tert-OH is 2. The standard InChI is InChI=1S/C13H18F3NO4S/c1-10-3-5-11(6-4-10)22(20,21)17(7-2-8-18)9-12(19)13(14,15)16/h3-6,12,18-19H,2,7-9H2,1H3/t12-/m1/s1. The lowest BCUT2D eigenvalue weighted by molar-refractivity contribution is -0.205. The third kappa shape index (κ3) is 4.94. The van der Waals surface area contributed by atoms with E-state index in [0.717, 1.165) is 5.56 Å². The van der Waals surface area contributed by atoms with Gasteiger partial charge in [0.15, 0.2) is 6.10 Å². The van der Waals surface area contributed by atoms with Crippen molar-refractivity contribution in [2.24, 2.45) is 0 Å². The zero-order valence-electron chi connectivity index (χ0n) is 11.9. The first-order valence-corrected chi connectivity index (χ1v) is 7.95. The van der Waals surface area contributed by atoms with Gasteiger partial charge in [0.25, 0.3) is 0 Å². The molecule has 0 aliphatic carbocycles. The number of nitrogens with zero attached hydrogens (tertiary/aromatic N) is 1. The molecule has 5 nitrogen and oxygen atoms in total. The quantitative estimate of drug-likeness (QED) is 0.783. The number of halogens is 3. The minimum Gasteiger partial charge on any atom is -0.396 e. The van der Waals surface area contributed by atoms with Crippen molar-refractivity contribution < 1.29 is 31.8 Å². The fourth-order valence-corrected chi connectivity index (χ4v) is 3.20. The Bertz CT molecular complexity index is 572. The van der Waals surface area contributed by atoms with E-state index in [1.807, 2.05) is 0 Å². The molecule has 0 saturated heterocycles. The number of hydrogen-bond acceptors (Lipinski definition) is 4. The normalized spacial score (nSPS) is 14.3. The summed E-state index contributed by atoms with van der Waals surface area (Å²) in [5.41, 5.74) is 0.802. The third-order valence-electron chi connectivity index (χ3n) is 2.98. The van der Waals surface area contributed by atoms with E-state index in [2.05, 4.69) is 0 Å². The lowest BCUT2D eigenvalue weighted by Crippen LogP contribution is -2.44. The van der Waals surface area contributed by atoms with Gasteiger partial charge in [-0.25, -0.2) is 8.42 Å². The Kier molecular flexibility index (Phi) is 6.36. The number of benzene rings is 1. The van der Waals surface area contributed by atoms with Crippen LogP contribution in [0.4, 0.5) is 13.2 Å². The van der Waals surface area contributed by atoms with E-state index in [0.29, 0.717) is 4.31 Å². The Hall–Kier alpha value is -1.16. The minimum atomic E-state index is -4.92. The maximum atomic E-state index is 12.5. The molecule has 0 unspecified atom stereocenters. The van der Waals surface area contributed by atoms with Crippen molar-refractivity contribution >= 4 is 10.0 Å². The lowest BCUT2D eigenvalue weighted by atomic mass is 10.2. The molecule has 0 fully saturated rings. The van der Waals surface area contributed by atoms with Crippen LogP contribution in [0.15, 0.2) is 29.2 Å². The summed E-state index contributed by atoms with van der Waals surface area (Å²) in [4.78, 5) is -0.162. The van der Waals surface area contributed by atoms with Crippen LogP contribution in [0.3, 0.4) is 0 Å². The molecule has 0 spiro atoms. The van der Waals surface area contributed by atoms with Gasteiger partial charge in [0, 0.05) is 19.7 Å². The van der Waals surface area contributed by atoms with E-state index in [4.69, 9.17) is 10.2 Å². The fourth-order valence-electron chi connectivity index (χ4n) is 1.71. The first kappa shape index (κ1) is 18.9. The summed E-state index contributed by atoms with van der Waals surface area (Å²) in [7, 11) is -4.18. The number of aryl methyl sites for hydroxylation is 1. The molecule has 0 aliphatic heterocycles. The van der Waals surface area contributed by atoms with Gasteiger partial charge >= 0.3 is 6.18 Å². The molecule has 1 atom stereocenters. The van der Waals surface area contributed by atoms with Gasteiger partial charge in [-0.1, -0.05) is 17.7 Å².